The highest BCUT2D eigenvalue weighted by atomic mass is 16.6. The molecule has 3 saturated heterocycles. The molecule has 0 radical (unpaired) electrons. The molecule has 9 heteroatoms. The van der Waals surface area contributed by atoms with Crippen molar-refractivity contribution in [3.63, 3.8) is 0 Å². The lowest BCUT2D eigenvalue weighted by molar-refractivity contribution is -0.125. The highest BCUT2D eigenvalue weighted by Crippen LogP contribution is 2.41. The van der Waals surface area contributed by atoms with Gasteiger partial charge in [0.15, 0.2) is 0 Å². The largest absolute Gasteiger partial charge is 0.444 e. The molecule has 2 amide bonds. The monoisotopic (exact) mass is 428 g/mol. The Bertz CT molecular complexity index is 861. The van der Waals surface area contributed by atoms with Gasteiger partial charge in [0, 0.05) is 57.4 Å². The number of ether oxygens (including phenoxy) is 1. The molecule has 3 fully saturated rings. The summed E-state index contributed by atoms with van der Waals surface area (Å²) in [6, 6.07) is 1.67. The fourth-order valence-electron chi connectivity index (χ4n) is 4.62. The van der Waals surface area contributed by atoms with Crippen molar-refractivity contribution in [2.24, 2.45) is 5.41 Å². The zero-order valence-electron chi connectivity index (χ0n) is 18.6. The van der Waals surface area contributed by atoms with Gasteiger partial charge in [-0.3, -0.25) is 9.69 Å². The van der Waals surface area contributed by atoms with Gasteiger partial charge >= 0.3 is 6.09 Å². The summed E-state index contributed by atoms with van der Waals surface area (Å²) >= 11 is 0. The molecule has 1 N–H and O–H groups in total. The van der Waals surface area contributed by atoms with Crippen molar-refractivity contribution in [1.29, 1.82) is 0 Å². The fraction of sp³-hybridized carbons (Fsp3) is 0.636. The number of nitrogens with zero attached hydrogens (tertiary/aromatic N) is 5. The number of rotatable bonds is 3. The molecule has 1 unspecified atom stereocenters. The van der Waals surface area contributed by atoms with Gasteiger partial charge in [0.05, 0.1) is 11.7 Å². The zero-order chi connectivity index (χ0) is 22.2. The zero-order valence-corrected chi connectivity index (χ0v) is 18.6. The second-order valence-electron chi connectivity index (χ2n) is 9.75. The van der Waals surface area contributed by atoms with E-state index < -0.39 is 5.60 Å². The van der Waals surface area contributed by atoms with Crippen molar-refractivity contribution in [1.82, 2.24) is 25.1 Å². The average Bonchev–Trinajstić information content (AvgIpc) is 3.17. The molecule has 0 aliphatic carbocycles. The number of carbonyl (C=O) groups is 2. The van der Waals surface area contributed by atoms with Crippen molar-refractivity contribution in [3.8, 4) is 0 Å². The number of aromatic nitrogens is 2. The molecule has 1 aromatic heterocycles. The average molecular weight is 429 g/mol. The smallest absolute Gasteiger partial charge is 0.410 e. The number of likely N-dealkylation sites (tertiary alicyclic amines) is 1. The van der Waals surface area contributed by atoms with Crippen LogP contribution in [0.4, 0.5) is 10.7 Å². The Morgan fingerprint density at radius 1 is 1.29 bits per heavy atom. The second kappa shape index (κ2) is 8.11. The van der Waals surface area contributed by atoms with Crippen LogP contribution in [-0.4, -0.2) is 83.2 Å². The Balaban J connectivity index is 1.44. The van der Waals surface area contributed by atoms with Crippen LogP contribution in [0.2, 0.25) is 0 Å². The van der Waals surface area contributed by atoms with Crippen LogP contribution in [0.3, 0.4) is 0 Å². The predicted octanol–water partition coefficient (Wildman–Crippen LogP) is 1.58. The Hall–Kier alpha value is -2.68. The summed E-state index contributed by atoms with van der Waals surface area (Å²) in [6.45, 7) is 14.3. The van der Waals surface area contributed by atoms with Crippen molar-refractivity contribution in [2.75, 3.05) is 50.7 Å². The van der Waals surface area contributed by atoms with Crippen molar-refractivity contribution >= 4 is 17.9 Å². The van der Waals surface area contributed by atoms with Gasteiger partial charge in [-0.1, -0.05) is 6.58 Å². The highest BCUT2D eigenvalue weighted by molar-refractivity contribution is 5.87. The van der Waals surface area contributed by atoms with Crippen LogP contribution in [-0.2, 0) is 9.53 Å². The van der Waals surface area contributed by atoms with E-state index in [1.807, 2.05) is 31.7 Å². The third-order valence-corrected chi connectivity index (χ3v) is 6.14. The lowest BCUT2D eigenvalue weighted by Gasteiger charge is -2.48. The van der Waals surface area contributed by atoms with E-state index in [1.54, 1.807) is 11.1 Å². The van der Waals surface area contributed by atoms with Crippen LogP contribution in [0.1, 0.15) is 38.9 Å². The van der Waals surface area contributed by atoms with Crippen molar-refractivity contribution in [3.05, 3.63) is 30.6 Å². The van der Waals surface area contributed by atoms with Gasteiger partial charge in [-0.05, 0) is 39.3 Å². The Morgan fingerprint density at radius 3 is 2.77 bits per heavy atom. The molecule has 9 nitrogen and oxygen atoms in total. The van der Waals surface area contributed by atoms with Gasteiger partial charge in [0.1, 0.15) is 5.60 Å². The summed E-state index contributed by atoms with van der Waals surface area (Å²) in [6.07, 6.45) is 3.81. The third-order valence-electron chi connectivity index (χ3n) is 6.14. The highest BCUT2D eigenvalue weighted by Gasteiger charge is 2.49. The number of amides is 2. The summed E-state index contributed by atoms with van der Waals surface area (Å²) in [7, 11) is 0. The molecular weight excluding hydrogens is 396 g/mol. The maximum Gasteiger partial charge on any atom is 0.410 e. The quantitative estimate of drug-likeness (QED) is 0.731. The number of hydrogen-bond acceptors (Lipinski definition) is 7. The molecular formula is C22H32N6O3. The first-order valence-corrected chi connectivity index (χ1v) is 10.9. The molecule has 1 atom stereocenters. The minimum atomic E-state index is -0.544. The molecule has 168 valence electrons. The molecule has 1 spiro atoms. The molecule has 0 aromatic carbocycles. The summed E-state index contributed by atoms with van der Waals surface area (Å²) in [5.74, 6) is 0.673. The van der Waals surface area contributed by atoms with E-state index >= 15 is 0 Å². The van der Waals surface area contributed by atoms with E-state index in [1.165, 1.54) is 6.08 Å². The first kappa shape index (κ1) is 21.5. The molecule has 4 heterocycles. The predicted molar refractivity (Wildman–Crippen MR) is 117 cm³/mol. The van der Waals surface area contributed by atoms with E-state index in [0.29, 0.717) is 19.0 Å². The standard InChI is InChI=1S/C22H32N6O3/c1-5-18(29)26-10-7-22(13-26)14-27(15-22)19-24-8-6-16(25-19)17-12-23-9-11-28(17)20(30)31-21(2,3)4/h5-6,8,17,23H,1,7,9-15H2,2-4H3. The van der Waals surface area contributed by atoms with Gasteiger partial charge in [-0.2, -0.15) is 0 Å². The van der Waals surface area contributed by atoms with E-state index in [9.17, 15) is 9.59 Å². The fourth-order valence-corrected chi connectivity index (χ4v) is 4.62. The van der Waals surface area contributed by atoms with Crippen LogP contribution < -0.4 is 10.2 Å². The summed E-state index contributed by atoms with van der Waals surface area (Å²) in [5.41, 5.74) is 0.378. The molecule has 0 saturated carbocycles. The minimum absolute atomic E-state index is 0.000560. The van der Waals surface area contributed by atoms with E-state index in [0.717, 1.165) is 44.8 Å². The number of hydrogen-bond donors (Lipinski definition) is 1. The Kier molecular flexibility index (Phi) is 5.63. The van der Waals surface area contributed by atoms with Gasteiger partial charge in [0.25, 0.3) is 0 Å². The number of anilines is 1. The van der Waals surface area contributed by atoms with Gasteiger partial charge in [-0.15, -0.1) is 0 Å². The van der Waals surface area contributed by atoms with Crippen LogP contribution in [0.5, 0.6) is 0 Å². The maximum atomic E-state index is 12.7. The normalized spacial score (nSPS) is 22.9. The van der Waals surface area contributed by atoms with Crippen molar-refractivity contribution in [2.45, 2.75) is 38.8 Å². The molecule has 1 aromatic rings. The Morgan fingerprint density at radius 2 is 2.06 bits per heavy atom. The molecule has 4 rings (SSSR count). The second-order valence-corrected chi connectivity index (χ2v) is 9.75. The third kappa shape index (κ3) is 4.51. The van der Waals surface area contributed by atoms with Crippen LogP contribution in [0.25, 0.3) is 0 Å². The number of piperazine rings is 1. The number of carbonyl (C=O) groups excluding carboxylic acids is 2. The lowest BCUT2D eigenvalue weighted by Crippen LogP contribution is -2.58. The van der Waals surface area contributed by atoms with Crippen molar-refractivity contribution < 1.29 is 14.3 Å². The topological polar surface area (TPSA) is 90.9 Å². The first-order valence-electron chi connectivity index (χ1n) is 10.9. The van der Waals surface area contributed by atoms with Crippen LogP contribution >= 0.6 is 0 Å². The van der Waals surface area contributed by atoms with Gasteiger partial charge in [-0.25, -0.2) is 14.8 Å². The van der Waals surface area contributed by atoms with Crippen LogP contribution in [0.15, 0.2) is 24.9 Å². The van der Waals surface area contributed by atoms with E-state index in [4.69, 9.17) is 9.72 Å². The summed E-state index contributed by atoms with van der Waals surface area (Å²) in [5, 5.41) is 3.35. The SMILES string of the molecule is C=CC(=O)N1CCC2(C1)CN(c1nccc(C3CNCCN3C(=O)OC(C)(C)C)n1)C2. The lowest BCUT2D eigenvalue weighted by atomic mass is 9.79. The number of nitrogens with one attached hydrogen (secondary N) is 1. The van der Waals surface area contributed by atoms with E-state index in [-0.39, 0.29) is 23.5 Å². The van der Waals surface area contributed by atoms with E-state index in [2.05, 4.69) is 21.8 Å². The molecule has 3 aliphatic heterocycles. The van der Waals surface area contributed by atoms with Gasteiger partial charge in [0.2, 0.25) is 11.9 Å². The first-order chi connectivity index (χ1) is 14.7. The Labute approximate surface area is 183 Å². The van der Waals surface area contributed by atoms with Gasteiger partial charge < -0.3 is 19.9 Å². The molecule has 0 bridgehead atoms. The maximum absolute atomic E-state index is 12.7. The minimum Gasteiger partial charge on any atom is -0.444 e. The molecule has 3 aliphatic rings. The summed E-state index contributed by atoms with van der Waals surface area (Å²) < 4.78 is 5.61. The van der Waals surface area contributed by atoms with Crippen LogP contribution in [0, 0.1) is 5.41 Å². The molecule has 31 heavy (non-hydrogen) atoms. The summed E-state index contributed by atoms with van der Waals surface area (Å²) in [4.78, 5) is 39.7.